The van der Waals surface area contributed by atoms with Gasteiger partial charge >= 0.3 is 0 Å². The molecule has 0 aliphatic heterocycles. The van der Waals surface area contributed by atoms with Gasteiger partial charge in [-0.25, -0.2) is 4.98 Å². The predicted molar refractivity (Wildman–Crippen MR) is 85.1 cm³/mol. The zero-order chi connectivity index (χ0) is 14.1. The van der Waals surface area contributed by atoms with Crippen LogP contribution in [0.5, 0.6) is 0 Å². The number of hydrogen-bond donors (Lipinski definition) is 0. The van der Waals surface area contributed by atoms with Crippen molar-refractivity contribution in [1.82, 2.24) is 4.98 Å². The molecule has 1 heterocycles. The van der Waals surface area contributed by atoms with Crippen LogP contribution in [0.25, 0.3) is 22.8 Å². The summed E-state index contributed by atoms with van der Waals surface area (Å²) in [7, 11) is 0. The van der Waals surface area contributed by atoms with E-state index in [1.807, 2.05) is 24.3 Å². The molecule has 0 fully saturated rings. The van der Waals surface area contributed by atoms with Crippen molar-refractivity contribution in [2.45, 2.75) is 0 Å². The van der Waals surface area contributed by atoms with Gasteiger partial charge < -0.3 is 4.42 Å². The minimum atomic E-state index is 0.476. The summed E-state index contributed by atoms with van der Waals surface area (Å²) >= 11 is 15.4. The molecule has 0 atom stereocenters. The van der Waals surface area contributed by atoms with Crippen molar-refractivity contribution >= 4 is 39.1 Å². The molecule has 0 aliphatic rings. The van der Waals surface area contributed by atoms with Crippen molar-refractivity contribution in [3.8, 4) is 22.8 Å². The number of aromatic nitrogens is 1. The molecule has 0 radical (unpaired) electrons. The lowest BCUT2D eigenvalue weighted by Crippen LogP contribution is -1.78. The number of benzene rings is 2. The first-order chi connectivity index (χ1) is 9.63. The Morgan fingerprint density at radius 2 is 1.75 bits per heavy atom. The van der Waals surface area contributed by atoms with Crippen LogP contribution >= 0.6 is 39.1 Å². The van der Waals surface area contributed by atoms with E-state index in [9.17, 15) is 0 Å². The zero-order valence-corrected chi connectivity index (χ0v) is 13.2. The minimum absolute atomic E-state index is 0.476. The van der Waals surface area contributed by atoms with Crippen LogP contribution in [-0.4, -0.2) is 4.98 Å². The molecule has 0 saturated carbocycles. The molecule has 2 nitrogen and oxygen atoms in total. The van der Waals surface area contributed by atoms with Crippen molar-refractivity contribution in [3.63, 3.8) is 0 Å². The number of oxazole rings is 1. The third-order valence-corrected chi connectivity index (χ3v) is 3.87. The maximum absolute atomic E-state index is 6.15. The van der Waals surface area contributed by atoms with E-state index in [4.69, 9.17) is 27.6 Å². The Bertz CT molecular complexity index is 753. The molecule has 0 amide bonds. The average Bonchev–Trinajstić information content (AvgIpc) is 2.89. The van der Waals surface area contributed by atoms with Gasteiger partial charge in [-0.1, -0.05) is 51.3 Å². The van der Waals surface area contributed by atoms with Gasteiger partial charge in [-0.3, -0.25) is 0 Å². The molecule has 5 heteroatoms. The second-order valence-corrected chi connectivity index (χ2v) is 5.92. The molecular weight excluding hydrogens is 361 g/mol. The Morgan fingerprint density at radius 1 is 1.00 bits per heavy atom. The van der Waals surface area contributed by atoms with Gasteiger partial charge in [0.05, 0.1) is 16.8 Å². The van der Waals surface area contributed by atoms with Crippen LogP contribution in [-0.2, 0) is 0 Å². The van der Waals surface area contributed by atoms with Gasteiger partial charge in [0, 0.05) is 15.1 Å². The predicted octanol–water partition coefficient (Wildman–Crippen LogP) is 6.08. The fourth-order valence-electron chi connectivity index (χ4n) is 1.81. The number of hydrogen-bond acceptors (Lipinski definition) is 2. The van der Waals surface area contributed by atoms with Crippen molar-refractivity contribution in [2.24, 2.45) is 0 Å². The van der Waals surface area contributed by atoms with E-state index in [2.05, 4.69) is 20.9 Å². The summed E-state index contributed by atoms with van der Waals surface area (Å²) in [4.78, 5) is 4.27. The van der Waals surface area contributed by atoms with Gasteiger partial charge in [0.25, 0.3) is 0 Å². The fraction of sp³-hybridized carbons (Fsp3) is 0. The normalized spacial score (nSPS) is 10.8. The first-order valence-electron chi connectivity index (χ1n) is 5.81. The van der Waals surface area contributed by atoms with Crippen molar-refractivity contribution in [3.05, 3.63) is 63.2 Å². The summed E-state index contributed by atoms with van der Waals surface area (Å²) in [5.74, 6) is 1.17. The number of halogens is 3. The van der Waals surface area contributed by atoms with Gasteiger partial charge in [0.1, 0.15) is 0 Å². The van der Waals surface area contributed by atoms with Crippen LogP contribution < -0.4 is 0 Å². The van der Waals surface area contributed by atoms with Crippen molar-refractivity contribution < 1.29 is 4.42 Å². The van der Waals surface area contributed by atoms with Gasteiger partial charge in [0.15, 0.2) is 5.76 Å². The number of rotatable bonds is 2. The van der Waals surface area contributed by atoms with Crippen LogP contribution in [0, 0.1) is 0 Å². The smallest absolute Gasteiger partial charge is 0.228 e. The van der Waals surface area contributed by atoms with E-state index in [1.165, 1.54) is 0 Å². The summed E-state index contributed by atoms with van der Waals surface area (Å²) in [6, 6.07) is 13.0. The number of nitrogens with zero attached hydrogens (tertiary/aromatic N) is 1. The highest BCUT2D eigenvalue weighted by Gasteiger charge is 2.11. The molecule has 0 bridgehead atoms. The van der Waals surface area contributed by atoms with E-state index in [-0.39, 0.29) is 0 Å². The molecule has 0 N–H and O–H groups in total. The maximum Gasteiger partial charge on any atom is 0.228 e. The first kappa shape index (κ1) is 13.7. The standard InChI is InChI=1S/C15H8BrCl2NO/c16-10-3-1-9(2-4-10)14-8-19-15(20-14)12-6-5-11(17)7-13(12)18/h1-8H. The van der Waals surface area contributed by atoms with E-state index < -0.39 is 0 Å². The maximum atomic E-state index is 6.15. The molecule has 1 aromatic heterocycles. The SMILES string of the molecule is Clc1ccc(-c2ncc(-c3ccc(Br)cc3)o2)c(Cl)c1. The quantitative estimate of drug-likeness (QED) is 0.547. The van der Waals surface area contributed by atoms with Crippen LogP contribution in [0.4, 0.5) is 0 Å². The molecule has 100 valence electrons. The average molecular weight is 369 g/mol. The molecule has 3 rings (SSSR count). The first-order valence-corrected chi connectivity index (χ1v) is 7.35. The van der Waals surface area contributed by atoms with E-state index >= 15 is 0 Å². The highest BCUT2D eigenvalue weighted by molar-refractivity contribution is 9.10. The monoisotopic (exact) mass is 367 g/mol. The Labute approximate surface area is 134 Å². The fourth-order valence-corrected chi connectivity index (χ4v) is 2.56. The molecule has 0 aliphatic carbocycles. The lowest BCUT2D eigenvalue weighted by atomic mass is 10.2. The minimum Gasteiger partial charge on any atom is -0.436 e. The lowest BCUT2D eigenvalue weighted by molar-refractivity contribution is 0.589. The summed E-state index contributed by atoms with van der Waals surface area (Å²) in [6.07, 6.45) is 1.68. The molecule has 2 aromatic carbocycles. The van der Waals surface area contributed by atoms with Gasteiger partial charge in [-0.2, -0.15) is 0 Å². The van der Waals surface area contributed by atoms with Crippen LogP contribution in [0.15, 0.2) is 57.6 Å². The van der Waals surface area contributed by atoms with Gasteiger partial charge in [0.2, 0.25) is 5.89 Å². The Kier molecular flexibility index (Phi) is 3.83. The van der Waals surface area contributed by atoms with E-state index in [0.29, 0.717) is 21.7 Å². The van der Waals surface area contributed by atoms with Crippen LogP contribution in [0.1, 0.15) is 0 Å². The van der Waals surface area contributed by atoms with Crippen LogP contribution in [0.3, 0.4) is 0 Å². The Hall–Kier alpha value is -1.29. The molecule has 0 saturated heterocycles. The van der Waals surface area contributed by atoms with Crippen molar-refractivity contribution in [1.29, 1.82) is 0 Å². The molecular formula is C15H8BrCl2NO. The third-order valence-electron chi connectivity index (χ3n) is 2.80. The zero-order valence-electron chi connectivity index (χ0n) is 10.1. The highest BCUT2D eigenvalue weighted by Crippen LogP contribution is 2.32. The highest BCUT2D eigenvalue weighted by atomic mass is 79.9. The Morgan fingerprint density at radius 3 is 2.45 bits per heavy atom. The van der Waals surface area contributed by atoms with Gasteiger partial charge in [-0.05, 0) is 30.3 Å². The topological polar surface area (TPSA) is 26.0 Å². The molecule has 0 unspecified atom stereocenters. The summed E-state index contributed by atoms with van der Waals surface area (Å²) < 4.78 is 6.78. The van der Waals surface area contributed by atoms with E-state index in [1.54, 1.807) is 24.4 Å². The lowest BCUT2D eigenvalue weighted by Gasteiger charge is -2.00. The Balaban J connectivity index is 1.99. The van der Waals surface area contributed by atoms with Crippen LogP contribution in [0.2, 0.25) is 10.0 Å². The molecule has 3 aromatic rings. The summed E-state index contributed by atoms with van der Waals surface area (Å²) in [5, 5.41) is 1.10. The van der Waals surface area contributed by atoms with E-state index in [0.717, 1.165) is 15.6 Å². The second-order valence-electron chi connectivity index (χ2n) is 4.16. The molecule has 0 spiro atoms. The van der Waals surface area contributed by atoms with Crippen molar-refractivity contribution in [2.75, 3.05) is 0 Å². The largest absolute Gasteiger partial charge is 0.436 e. The molecule has 20 heavy (non-hydrogen) atoms. The summed E-state index contributed by atoms with van der Waals surface area (Å²) in [6.45, 7) is 0. The van der Waals surface area contributed by atoms with Gasteiger partial charge in [-0.15, -0.1) is 0 Å². The third kappa shape index (κ3) is 2.75. The summed E-state index contributed by atoms with van der Waals surface area (Å²) in [5.41, 5.74) is 1.68. The second kappa shape index (κ2) is 5.60.